The van der Waals surface area contributed by atoms with E-state index in [1.165, 1.54) is 42.4 Å². The average Bonchev–Trinajstić information content (AvgIpc) is 3.50. The van der Waals surface area contributed by atoms with Gasteiger partial charge in [0.2, 0.25) is 0 Å². The number of carbonyl (C=O) groups is 1. The number of rotatable bonds is 6. The Balaban J connectivity index is 1.39. The lowest BCUT2D eigenvalue weighted by molar-refractivity contribution is -0.274. The number of hydrogen-bond acceptors (Lipinski definition) is 6. The minimum absolute atomic E-state index is 0.337. The average molecular weight is 499 g/mol. The van der Waals surface area contributed by atoms with Gasteiger partial charge in [-0.25, -0.2) is 9.97 Å². The quantitative estimate of drug-likeness (QED) is 0.348. The third-order valence-corrected chi connectivity index (χ3v) is 6.49. The third-order valence-electron chi connectivity index (χ3n) is 5.68. The number of nitrogens with one attached hydrogen (secondary N) is 1. The normalized spacial score (nSPS) is 14.4. The van der Waals surface area contributed by atoms with E-state index < -0.39 is 6.36 Å². The number of nitrogens with zero attached hydrogens (tertiary/aromatic N) is 3. The molecule has 1 aliphatic rings. The molecule has 1 saturated heterocycles. The van der Waals surface area contributed by atoms with Crippen molar-refractivity contribution in [3.05, 3.63) is 71.2 Å². The largest absolute Gasteiger partial charge is 0.573 e. The second-order valence-corrected chi connectivity index (χ2v) is 9.09. The summed E-state index contributed by atoms with van der Waals surface area (Å²) in [7, 11) is 0. The summed E-state index contributed by atoms with van der Waals surface area (Å²) in [6.07, 6.45) is -2.39. The van der Waals surface area contributed by atoms with Crippen LogP contribution in [0.15, 0.2) is 60.0 Å². The molecule has 0 atom stereocenters. The molecule has 3 heterocycles. The summed E-state index contributed by atoms with van der Waals surface area (Å²) < 4.78 is 41.9. The van der Waals surface area contributed by atoms with Gasteiger partial charge >= 0.3 is 6.36 Å². The maximum atomic E-state index is 13.1. The Morgan fingerprint density at radius 2 is 1.86 bits per heavy atom. The van der Waals surface area contributed by atoms with Gasteiger partial charge in [0.1, 0.15) is 5.75 Å². The van der Waals surface area contributed by atoms with Crippen LogP contribution in [0.1, 0.15) is 28.9 Å². The lowest BCUT2D eigenvalue weighted by Crippen LogP contribution is -2.18. The topological polar surface area (TPSA) is 67.4 Å². The number of alkyl halides is 3. The van der Waals surface area contributed by atoms with Gasteiger partial charge in [-0.2, -0.15) is 0 Å². The van der Waals surface area contributed by atoms with E-state index in [0.717, 1.165) is 30.7 Å². The lowest BCUT2D eigenvalue weighted by Gasteiger charge is -2.12. The van der Waals surface area contributed by atoms with Gasteiger partial charge in [0, 0.05) is 22.9 Å². The summed E-state index contributed by atoms with van der Waals surface area (Å²) in [5, 5.41) is 6.05. The molecule has 0 spiro atoms. The first kappa shape index (κ1) is 23.3. The molecule has 1 aliphatic heterocycles. The first-order chi connectivity index (χ1) is 16.8. The first-order valence-corrected chi connectivity index (χ1v) is 12.0. The Morgan fingerprint density at radius 3 is 2.66 bits per heavy atom. The SMILES string of the molecule is O=C(Nc1nc(CN2CCCC2)cs1)c1cccc2ccc(-c3cccc(OC(F)(F)F)c3)nc12. The summed E-state index contributed by atoms with van der Waals surface area (Å²) in [4.78, 5) is 24.6. The van der Waals surface area contributed by atoms with Crippen LogP contribution in [0.3, 0.4) is 0 Å². The summed E-state index contributed by atoms with van der Waals surface area (Å²) in [6.45, 7) is 2.89. The summed E-state index contributed by atoms with van der Waals surface area (Å²) in [5.74, 6) is -0.687. The molecule has 1 amide bonds. The molecular weight excluding hydrogens is 477 g/mol. The maximum absolute atomic E-state index is 13.1. The molecule has 2 aromatic heterocycles. The van der Waals surface area contributed by atoms with Crippen molar-refractivity contribution in [2.24, 2.45) is 0 Å². The van der Waals surface area contributed by atoms with E-state index in [4.69, 9.17) is 0 Å². The highest BCUT2D eigenvalue weighted by Crippen LogP contribution is 2.29. The van der Waals surface area contributed by atoms with Gasteiger partial charge in [0.05, 0.1) is 22.5 Å². The zero-order valence-electron chi connectivity index (χ0n) is 18.5. The van der Waals surface area contributed by atoms with E-state index in [2.05, 4.69) is 24.9 Å². The van der Waals surface area contributed by atoms with Gasteiger partial charge in [-0.1, -0.05) is 30.3 Å². The molecule has 10 heteroatoms. The van der Waals surface area contributed by atoms with Crippen molar-refractivity contribution in [3.63, 3.8) is 0 Å². The fourth-order valence-electron chi connectivity index (χ4n) is 4.11. The smallest absolute Gasteiger partial charge is 0.406 e. The van der Waals surface area contributed by atoms with E-state index >= 15 is 0 Å². The Morgan fingerprint density at radius 1 is 1.06 bits per heavy atom. The van der Waals surface area contributed by atoms with Crippen LogP contribution in [0.5, 0.6) is 5.75 Å². The van der Waals surface area contributed by atoms with E-state index in [9.17, 15) is 18.0 Å². The molecule has 0 saturated carbocycles. The van der Waals surface area contributed by atoms with Crippen molar-refractivity contribution >= 4 is 33.3 Å². The van der Waals surface area contributed by atoms with Crippen molar-refractivity contribution in [1.29, 1.82) is 0 Å². The van der Waals surface area contributed by atoms with Gasteiger partial charge in [-0.3, -0.25) is 15.0 Å². The van der Waals surface area contributed by atoms with Crippen LogP contribution in [0.4, 0.5) is 18.3 Å². The van der Waals surface area contributed by atoms with Crippen molar-refractivity contribution in [3.8, 4) is 17.0 Å². The zero-order valence-corrected chi connectivity index (χ0v) is 19.3. The summed E-state index contributed by atoms with van der Waals surface area (Å²) in [6, 6.07) is 14.3. The van der Waals surface area contributed by atoms with Crippen molar-refractivity contribution < 1.29 is 22.7 Å². The molecule has 6 nitrogen and oxygen atoms in total. The number of thiazole rings is 1. The highest BCUT2D eigenvalue weighted by atomic mass is 32.1. The lowest BCUT2D eigenvalue weighted by atomic mass is 10.1. The van der Waals surface area contributed by atoms with Crippen molar-refractivity contribution in [2.75, 3.05) is 18.4 Å². The number of fused-ring (bicyclic) bond motifs is 1. The number of halogens is 3. The molecule has 5 rings (SSSR count). The summed E-state index contributed by atoms with van der Waals surface area (Å²) in [5.41, 5.74) is 2.58. The predicted molar refractivity (Wildman–Crippen MR) is 128 cm³/mol. The molecule has 4 aromatic rings. The standard InChI is InChI=1S/C25H21F3N4O2S/c26-25(27,28)34-19-7-3-6-17(13-19)21-10-9-16-5-4-8-20(22(16)30-21)23(33)31-24-29-18(15-35-24)14-32-11-1-2-12-32/h3-10,13,15H,1-2,11-12,14H2,(H,29,31,33). The van der Waals surface area contributed by atoms with Gasteiger partial charge in [0.15, 0.2) is 5.13 Å². The fraction of sp³-hybridized carbons (Fsp3) is 0.240. The zero-order chi connectivity index (χ0) is 24.4. The van der Waals surface area contributed by atoms with Gasteiger partial charge < -0.3 is 4.74 Å². The molecule has 1 N–H and O–H groups in total. The fourth-order valence-corrected chi connectivity index (χ4v) is 4.81. The Kier molecular flexibility index (Phi) is 6.40. The Hall–Kier alpha value is -3.50. The van der Waals surface area contributed by atoms with E-state index in [0.29, 0.717) is 27.5 Å². The number of aromatic nitrogens is 2. The minimum atomic E-state index is -4.79. The molecule has 0 aliphatic carbocycles. The van der Waals surface area contributed by atoms with Crippen LogP contribution in [0.25, 0.3) is 22.2 Å². The van der Waals surface area contributed by atoms with Crippen LogP contribution in [-0.2, 0) is 6.54 Å². The van der Waals surface area contributed by atoms with Crippen LogP contribution in [0, 0.1) is 0 Å². The third kappa shape index (κ3) is 5.60. The number of benzene rings is 2. The highest BCUT2D eigenvalue weighted by Gasteiger charge is 2.31. The van der Waals surface area contributed by atoms with Crippen LogP contribution >= 0.6 is 11.3 Å². The molecular formula is C25H21F3N4O2S. The number of hydrogen-bond donors (Lipinski definition) is 1. The summed E-state index contributed by atoms with van der Waals surface area (Å²) >= 11 is 1.37. The number of ether oxygens (including phenoxy) is 1. The van der Waals surface area contributed by atoms with Crippen LogP contribution in [0.2, 0.25) is 0 Å². The molecule has 1 fully saturated rings. The molecule has 35 heavy (non-hydrogen) atoms. The number of amides is 1. The second kappa shape index (κ2) is 9.63. The van der Waals surface area contributed by atoms with Crippen LogP contribution in [-0.4, -0.2) is 40.2 Å². The highest BCUT2D eigenvalue weighted by molar-refractivity contribution is 7.14. The molecule has 2 aromatic carbocycles. The monoisotopic (exact) mass is 498 g/mol. The molecule has 0 radical (unpaired) electrons. The molecule has 0 unspecified atom stereocenters. The number of carbonyl (C=O) groups excluding carboxylic acids is 1. The van der Waals surface area contributed by atoms with Crippen molar-refractivity contribution in [1.82, 2.24) is 14.9 Å². The first-order valence-electron chi connectivity index (χ1n) is 11.1. The minimum Gasteiger partial charge on any atom is -0.406 e. The number of anilines is 1. The van der Waals surface area contributed by atoms with Crippen LogP contribution < -0.4 is 10.1 Å². The predicted octanol–water partition coefficient (Wildman–Crippen LogP) is 6.11. The Bertz CT molecular complexity index is 1370. The molecule has 0 bridgehead atoms. The second-order valence-electron chi connectivity index (χ2n) is 8.23. The van der Waals surface area contributed by atoms with Gasteiger partial charge in [0.25, 0.3) is 5.91 Å². The Labute approximate surface area is 203 Å². The van der Waals surface area contributed by atoms with E-state index in [-0.39, 0.29) is 11.7 Å². The maximum Gasteiger partial charge on any atom is 0.573 e. The molecule has 180 valence electrons. The van der Waals surface area contributed by atoms with Gasteiger partial charge in [-0.05, 0) is 50.2 Å². The number of pyridine rings is 1. The van der Waals surface area contributed by atoms with E-state index in [1.54, 1.807) is 30.3 Å². The van der Waals surface area contributed by atoms with E-state index in [1.807, 2.05) is 11.4 Å². The number of likely N-dealkylation sites (tertiary alicyclic amines) is 1. The van der Waals surface area contributed by atoms with Gasteiger partial charge in [-0.15, -0.1) is 24.5 Å². The number of para-hydroxylation sites is 1. The van der Waals surface area contributed by atoms with Crippen molar-refractivity contribution in [2.45, 2.75) is 25.7 Å².